The van der Waals surface area contributed by atoms with Crippen LogP contribution >= 0.6 is 27.7 Å². The molecule has 0 aromatic heterocycles. The highest BCUT2D eigenvalue weighted by Crippen LogP contribution is 2.23. The minimum absolute atomic E-state index is 0.570. The molecular formula is C17H20BrNOS. The molecule has 0 fully saturated rings. The fourth-order valence-corrected chi connectivity index (χ4v) is 2.87. The fourth-order valence-electron chi connectivity index (χ4n) is 1.92. The first kappa shape index (κ1) is 16.4. The van der Waals surface area contributed by atoms with Gasteiger partial charge in [0.05, 0.1) is 0 Å². The van der Waals surface area contributed by atoms with Crippen LogP contribution in [-0.2, 0) is 13.2 Å². The number of hydrogen-bond donors (Lipinski definition) is 1. The lowest BCUT2D eigenvalue weighted by Crippen LogP contribution is -2.11. The summed E-state index contributed by atoms with van der Waals surface area (Å²) in [6.07, 6.45) is 2.07. The highest BCUT2D eigenvalue weighted by Gasteiger charge is 2.03. The normalized spacial score (nSPS) is 10.6. The van der Waals surface area contributed by atoms with E-state index in [1.54, 1.807) is 11.8 Å². The van der Waals surface area contributed by atoms with Gasteiger partial charge in [-0.05, 0) is 48.7 Å². The van der Waals surface area contributed by atoms with Crippen molar-refractivity contribution in [3.63, 3.8) is 0 Å². The molecule has 0 aliphatic heterocycles. The van der Waals surface area contributed by atoms with Crippen molar-refractivity contribution < 1.29 is 4.74 Å². The zero-order valence-corrected chi connectivity index (χ0v) is 14.8. The Morgan fingerprint density at radius 2 is 1.90 bits per heavy atom. The highest BCUT2D eigenvalue weighted by molar-refractivity contribution is 9.10. The zero-order valence-electron chi connectivity index (χ0n) is 12.4. The number of nitrogens with one attached hydrogen (secondary N) is 1. The van der Waals surface area contributed by atoms with Gasteiger partial charge in [0.1, 0.15) is 12.4 Å². The number of rotatable bonds is 7. The molecule has 0 amide bonds. The smallest absolute Gasteiger partial charge is 0.119 e. The number of ether oxygens (including phenoxy) is 1. The van der Waals surface area contributed by atoms with Crippen LogP contribution in [0.25, 0.3) is 0 Å². The Kier molecular flexibility index (Phi) is 6.61. The molecule has 112 valence electrons. The lowest BCUT2D eigenvalue weighted by molar-refractivity contribution is 0.305. The molecule has 1 N–H and O–H groups in total. The fraction of sp³-hybridized carbons (Fsp3) is 0.294. The van der Waals surface area contributed by atoms with Gasteiger partial charge >= 0.3 is 0 Å². The van der Waals surface area contributed by atoms with Crippen LogP contribution in [0.2, 0.25) is 0 Å². The van der Waals surface area contributed by atoms with Crippen LogP contribution in [0.1, 0.15) is 18.1 Å². The third-order valence-corrected chi connectivity index (χ3v) is 4.63. The Morgan fingerprint density at radius 1 is 1.14 bits per heavy atom. The van der Waals surface area contributed by atoms with Crippen LogP contribution < -0.4 is 10.1 Å². The summed E-state index contributed by atoms with van der Waals surface area (Å²) in [7, 11) is 0. The number of halogens is 1. The molecule has 0 radical (unpaired) electrons. The zero-order chi connectivity index (χ0) is 15.1. The maximum absolute atomic E-state index is 5.84. The van der Waals surface area contributed by atoms with Gasteiger partial charge in [-0.25, -0.2) is 0 Å². The summed E-state index contributed by atoms with van der Waals surface area (Å²) < 4.78 is 6.93. The summed E-state index contributed by atoms with van der Waals surface area (Å²) in [5, 5.41) is 3.33. The quantitative estimate of drug-likeness (QED) is 0.707. The Labute approximate surface area is 139 Å². The van der Waals surface area contributed by atoms with Crippen LogP contribution in [0.4, 0.5) is 0 Å². The van der Waals surface area contributed by atoms with E-state index in [-0.39, 0.29) is 0 Å². The molecule has 0 aliphatic rings. The van der Waals surface area contributed by atoms with Crippen molar-refractivity contribution in [2.45, 2.75) is 25.0 Å². The Balaban J connectivity index is 1.95. The first-order valence-corrected chi connectivity index (χ1v) is 8.99. The molecule has 21 heavy (non-hydrogen) atoms. The lowest BCUT2D eigenvalue weighted by atomic mass is 10.1. The minimum Gasteiger partial charge on any atom is -0.489 e. The summed E-state index contributed by atoms with van der Waals surface area (Å²) in [4.78, 5) is 1.25. The number of hydrogen-bond acceptors (Lipinski definition) is 3. The van der Waals surface area contributed by atoms with Crippen LogP contribution in [0, 0.1) is 0 Å². The first-order valence-electron chi connectivity index (χ1n) is 6.97. The molecule has 0 bridgehead atoms. The Hall–Kier alpha value is -0.970. The minimum atomic E-state index is 0.570. The van der Waals surface area contributed by atoms with Crippen molar-refractivity contribution in [1.82, 2.24) is 5.32 Å². The average molecular weight is 366 g/mol. The van der Waals surface area contributed by atoms with Gasteiger partial charge in [0.2, 0.25) is 0 Å². The SMILES string of the molecule is CCNCc1ccc(COc2ccc(SC)cc2)c(Br)c1. The van der Waals surface area contributed by atoms with E-state index >= 15 is 0 Å². The molecule has 2 aromatic carbocycles. The van der Waals surface area contributed by atoms with E-state index in [4.69, 9.17) is 4.74 Å². The third-order valence-electron chi connectivity index (χ3n) is 3.15. The van der Waals surface area contributed by atoms with Crippen molar-refractivity contribution in [2.75, 3.05) is 12.8 Å². The predicted octanol–water partition coefficient (Wildman–Crippen LogP) is 4.86. The topological polar surface area (TPSA) is 21.3 Å². The van der Waals surface area contributed by atoms with E-state index in [0.29, 0.717) is 6.61 Å². The van der Waals surface area contributed by atoms with Gasteiger partial charge in [-0.1, -0.05) is 35.0 Å². The molecule has 2 nitrogen and oxygen atoms in total. The molecule has 0 unspecified atom stereocenters. The largest absolute Gasteiger partial charge is 0.489 e. The molecule has 4 heteroatoms. The summed E-state index contributed by atoms with van der Waals surface area (Å²) in [6.45, 7) is 4.56. The molecule has 0 spiro atoms. The lowest BCUT2D eigenvalue weighted by Gasteiger charge is -2.10. The molecular weight excluding hydrogens is 346 g/mol. The number of benzene rings is 2. The summed E-state index contributed by atoms with van der Waals surface area (Å²) in [5.41, 5.74) is 2.43. The molecule has 0 aliphatic carbocycles. The maximum atomic E-state index is 5.84. The van der Waals surface area contributed by atoms with Gasteiger partial charge in [0.25, 0.3) is 0 Å². The highest BCUT2D eigenvalue weighted by atomic mass is 79.9. The van der Waals surface area contributed by atoms with Crippen LogP contribution in [0.3, 0.4) is 0 Å². The van der Waals surface area contributed by atoms with Crippen molar-refractivity contribution in [1.29, 1.82) is 0 Å². The standard InChI is InChI=1S/C17H20BrNOS/c1-3-19-11-13-4-5-14(17(18)10-13)12-20-15-6-8-16(21-2)9-7-15/h4-10,19H,3,11-12H2,1-2H3. The first-order chi connectivity index (χ1) is 10.2. The molecule has 0 saturated carbocycles. The van der Waals surface area contributed by atoms with E-state index in [1.807, 2.05) is 12.1 Å². The molecule has 0 atom stereocenters. The summed E-state index contributed by atoms with van der Waals surface area (Å²) in [6, 6.07) is 14.6. The van der Waals surface area contributed by atoms with Gasteiger partial charge in [0, 0.05) is 21.5 Å². The maximum Gasteiger partial charge on any atom is 0.119 e. The van der Waals surface area contributed by atoms with Crippen molar-refractivity contribution >= 4 is 27.7 Å². The second kappa shape index (κ2) is 8.47. The molecule has 0 heterocycles. The van der Waals surface area contributed by atoms with E-state index in [1.165, 1.54) is 10.5 Å². The van der Waals surface area contributed by atoms with Crippen LogP contribution in [0.15, 0.2) is 51.8 Å². The van der Waals surface area contributed by atoms with E-state index in [2.05, 4.69) is 64.8 Å². The van der Waals surface area contributed by atoms with Gasteiger partial charge in [-0.15, -0.1) is 11.8 Å². The van der Waals surface area contributed by atoms with E-state index in [9.17, 15) is 0 Å². The van der Waals surface area contributed by atoms with Gasteiger partial charge < -0.3 is 10.1 Å². The number of thioether (sulfide) groups is 1. The van der Waals surface area contributed by atoms with Gasteiger partial charge in [-0.2, -0.15) is 0 Å². The second-order valence-corrected chi connectivity index (χ2v) is 6.40. The van der Waals surface area contributed by atoms with E-state index in [0.717, 1.165) is 28.9 Å². The predicted molar refractivity (Wildman–Crippen MR) is 94.1 cm³/mol. The second-order valence-electron chi connectivity index (χ2n) is 4.67. The summed E-state index contributed by atoms with van der Waals surface area (Å²) >= 11 is 5.36. The molecule has 2 aromatic rings. The van der Waals surface area contributed by atoms with Crippen molar-refractivity contribution in [3.8, 4) is 5.75 Å². The molecule has 0 saturated heterocycles. The average Bonchev–Trinajstić information content (AvgIpc) is 2.52. The van der Waals surface area contributed by atoms with Gasteiger partial charge in [-0.3, -0.25) is 0 Å². The van der Waals surface area contributed by atoms with Gasteiger partial charge in [0.15, 0.2) is 0 Å². The van der Waals surface area contributed by atoms with Crippen molar-refractivity contribution in [3.05, 3.63) is 58.1 Å². The van der Waals surface area contributed by atoms with E-state index < -0.39 is 0 Å². The Morgan fingerprint density at radius 3 is 2.52 bits per heavy atom. The molecule has 2 rings (SSSR count). The Bertz CT molecular complexity index is 572. The van der Waals surface area contributed by atoms with Crippen LogP contribution in [0.5, 0.6) is 5.75 Å². The summed E-state index contributed by atoms with van der Waals surface area (Å²) in [5.74, 6) is 0.899. The van der Waals surface area contributed by atoms with Crippen molar-refractivity contribution in [2.24, 2.45) is 0 Å². The monoisotopic (exact) mass is 365 g/mol. The van der Waals surface area contributed by atoms with Crippen LogP contribution in [-0.4, -0.2) is 12.8 Å². The third kappa shape index (κ3) is 5.06.